The van der Waals surface area contributed by atoms with Gasteiger partial charge in [0.15, 0.2) is 0 Å². The average Bonchev–Trinajstić information content (AvgIpc) is 2.95. The summed E-state index contributed by atoms with van der Waals surface area (Å²) in [6.07, 6.45) is 3.18. The molecule has 6 heteroatoms. The Hall–Kier alpha value is -1.66. The summed E-state index contributed by atoms with van der Waals surface area (Å²) >= 11 is 0. The number of aromatic nitrogens is 1. The van der Waals surface area contributed by atoms with Crippen LogP contribution in [0.5, 0.6) is 0 Å². The van der Waals surface area contributed by atoms with Crippen molar-refractivity contribution in [3.8, 4) is 0 Å². The van der Waals surface area contributed by atoms with E-state index in [9.17, 15) is 15.2 Å². The van der Waals surface area contributed by atoms with Gasteiger partial charge in [-0.1, -0.05) is 12.2 Å². The summed E-state index contributed by atoms with van der Waals surface area (Å²) in [6, 6.07) is 1.44. The van der Waals surface area contributed by atoms with E-state index >= 15 is 0 Å². The van der Waals surface area contributed by atoms with Gasteiger partial charge in [-0.05, 0) is 6.92 Å². The molecule has 0 saturated carbocycles. The molecule has 0 amide bonds. The van der Waals surface area contributed by atoms with Gasteiger partial charge in [-0.25, -0.2) is 0 Å². The van der Waals surface area contributed by atoms with E-state index in [0.29, 0.717) is 6.42 Å². The van der Waals surface area contributed by atoms with Gasteiger partial charge in [0, 0.05) is 24.6 Å². The van der Waals surface area contributed by atoms with E-state index in [4.69, 9.17) is 4.74 Å². The van der Waals surface area contributed by atoms with E-state index in [1.54, 1.807) is 10.8 Å². The summed E-state index contributed by atoms with van der Waals surface area (Å²) in [6.45, 7) is 5.72. The van der Waals surface area contributed by atoms with E-state index in [2.05, 4.69) is 6.58 Å². The highest BCUT2D eigenvalue weighted by atomic mass is 16.6. The van der Waals surface area contributed by atoms with Crippen molar-refractivity contribution in [3.05, 3.63) is 40.7 Å². The second-order valence-corrected chi connectivity index (χ2v) is 4.57. The lowest BCUT2D eigenvalue weighted by molar-refractivity contribution is -0.384. The van der Waals surface area contributed by atoms with Crippen LogP contribution >= 0.6 is 0 Å². The third-order valence-corrected chi connectivity index (χ3v) is 3.29. The van der Waals surface area contributed by atoms with Crippen LogP contribution in [0.4, 0.5) is 5.69 Å². The molecule has 1 aromatic rings. The van der Waals surface area contributed by atoms with Crippen LogP contribution in [-0.2, 0) is 4.74 Å². The van der Waals surface area contributed by atoms with Gasteiger partial charge in [-0.2, -0.15) is 0 Å². The second-order valence-electron chi connectivity index (χ2n) is 4.57. The topological polar surface area (TPSA) is 77.5 Å². The third-order valence-electron chi connectivity index (χ3n) is 3.29. The first kappa shape index (κ1) is 12.8. The monoisotopic (exact) mass is 252 g/mol. The molecule has 0 bridgehead atoms. The standard InChI is InChI=1S/C12H16N2O4/c1-8(2)10-5-12(18-11(10)7-15)13-4-3-9(6-13)14(16)17/h3-4,6,10-12,15H,1,5,7H2,2H3/t10-,11-,12-/m1/s1. The Morgan fingerprint density at radius 3 is 2.94 bits per heavy atom. The van der Waals surface area contributed by atoms with Crippen LogP contribution in [0.15, 0.2) is 30.6 Å². The van der Waals surface area contributed by atoms with Crippen molar-refractivity contribution < 1.29 is 14.8 Å². The van der Waals surface area contributed by atoms with Gasteiger partial charge in [0.25, 0.3) is 5.69 Å². The molecule has 0 unspecified atom stereocenters. The minimum atomic E-state index is -0.439. The molecule has 1 saturated heterocycles. The van der Waals surface area contributed by atoms with Crippen molar-refractivity contribution >= 4 is 5.69 Å². The van der Waals surface area contributed by atoms with E-state index in [0.717, 1.165) is 5.57 Å². The molecule has 0 radical (unpaired) electrons. The lowest BCUT2D eigenvalue weighted by atomic mass is 9.94. The minimum Gasteiger partial charge on any atom is -0.394 e. The highest BCUT2D eigenvalue weighted by Crippen LogP contribution is 2.37. The summed E-state index contributed by atoms with van der Waals surface area (Å²) in [5, 5.41) is 19.9. The largest absolute Gasteiger partial charge is 0.394 e. The van der Waals surface area contributed by atoms with Crippen molar-refractivity contribution in [1.82, 2.24) is 4.57 Å². The number of ether oxygens (including phenoxy) is 1. The first-order chi connectivity index (χ1) is 8.52. The summed E-state index contributed by atoms with van der Waals surface area (Å²) in [7, 11) is 0. The Morgan fingerprint density at radius 2 is 2.50 bits per heavy atom. The van der Waals surface area contributed by atoms with Gasteiger partial charge in [0.05, 0.1) is 23.8 Å². The van der Waals surface area contributed by atoms with Crippen molar-refractivity contribution in [2.24, 2.45) is 5.92 Å². The lowest BCUT2D eigenvalue weighted by Gasteiger charge is -2.15. The molecular weight excluding hydrogens is 236 g/mol. The summed E-state index contributed by atoms with van der Waals surface area (Å²) in [4.78, 5) is 10.2. The fourth-order valence-corrected chi connectivity index (χ4v) is 2.29. The quantitative estimate of drug-likeness (QED) is 0.504. The number of hydrogen-bond donors (Lipinski definition) is 1. The zero-order valence-electron chi connectivity index (χ0n) is 10.2. The zero-order chi connectivity index (χ0) is 13.3. The van der Waals surface area contributed by atoms with Crippen molar-refractivity contribution in [3.63, 3.8) is 0 Å². The maximum atomic E-state index is 10.6. The number of rotatable bonds is 4. The lowest BCUT2D eigenvalue weighted by Crippen LogP contribution is -2.21. The Morgan fingerprint density at radius 1 is 1.78 bits per heavy atom. The van der Waals surface area contributed by atoms with Gasteiger partial charge < -0.3 is 14.4 Å². The predicted octanol–water partition coefficient (Wildman–Crippen LogP) is 1.87. The van der Waals surface area contributed by atoms with Crippen LogP contribution in [0.2, 0.25) is 0 Å². The Labute approximate surface area is 105 Å². The van der Waals surface area contributed by atoms with Crippen LogP contribution in [0.3, 0.4) is 0 Å². The number of aliphatic hydroxyl groups excluding tert-OH is 1. The molecule has 1 aliphatic heterocycles. The number of hydrogen-bond acceptors (Lipinski definition) is 4. The smallest absolute Gasteiger partial charge is 0.286 e. The zero-order valence-corrected chi connectivity index (χ0v) is 10.2. The summed E-state index contributed by atoms with van der Waals surface area (Å²) in [5.74, 6) is 0.0847. The minimum absolute atomic E-state index is 0.0397. The van der Waals surface area contributed by atoms with Crippen LogP contribution in [0.1, 0.15) is 19.6 Å². The van der Waals surface area contributed by atoms with Gasteiger partial charge in [0.2, 0.25) is 0 Å². The maximum absolute atomic E-state index is 10.6. The van der Waals surface area contributed by atoms with Crippen molar-refractivity contribution in [1.29, 1.82) is 0 Å². The van der Waals surface area contributed by atoms with Gasteiger partial charge >= 0.3 is 0 Å². The summed E-state index contributed by atoms with van der Waals surface area (Å²) in [5.41, 5.74) is 0.996. The molecule has 1 fully saturated rings. The Kier molecular flexibility index (Phi) is 3.49. The SMILES string of the molecule is C=C(C)[C@H]1C[C@H](n2ccc([N+](=O)[O-])c2)O[C@@H]1CO. The molecule has 2 rings (SSSR count). The van der Waals surface area contributed by atoms with Gasteiger partial charge in [0.1, 0.15) is 6.23 Å². The van der Waals surface area contributed by atoms with E-state index in [1.807, 2.05) is 6.92 Å². The highest BCUT2D eigenvalue weighted by Gasteiger charge is 2.36. The second kappa shape index (κ2) is 4.91. The normalized spacial score (nSPS) is 27.3. The molecular formula is C12H16N2O4. The molecule has 0 aliphatic carbocycles. The highest BCUT2D eigenvalue weighted by molar-refractivity contribution is 5.26. The predicted molar refractivity (Wildman–Crippen MR) is 65.0 cm³/mol. The molecule has 1 aromatic heterocycles. The van der Waals surface area contributed by atoms with Crippen LogP contribution < -0.4 is 0 Å². The van der Waals surface area contributed by atoms with E-state index in [-0.39, 0.29) is 30.5 Å². The van der Waals surface area contributed by atoms with E-state index in [1.165, 1.54) is 12.3 Å². The molecule has 1 N–H and O–H groups in total. The molecule has 1 aliphatic rings. The number of nitrogens with zero attached hydrogens (tertiary/aromatic N) is 2. The van der Waals surface area contributed by atoms with Crippen molar-refractivity contribution in [2.45, 2.75) is 25.7 Å². The Balaban J connectivity index is 2.15. The average molecular weight is 252 g/mol. The molecule has 98 valence electrons. The summed E-state index contributed by atoms with van der Waals surface area (Å²) < 4.78 is 7.36. The molecule has 0 spiro atoms. The van der Waals surface area contributed by atoms with Crippen molar-refractivity contribution in [2.75, 3.05) is 6.61 Å². The van der Waals surface area contributed by atoms with Crippen LogP contribution in [0, 0.1) is 16.0 Å². The van der Waals surface area contributed by atoms with E-state index < -0.39 is 4.92 Å². The molecule has 2 heterocycles. The Bertz CT molecular complexity index is 468. The fraction of sp³-hybridized carbons (Fsp3) is 0.500. The van der Waals surface area contributed by atoms with Crippen LogP contribution in [0.25, 0.3) is 0 Å². The molecule has 3 atom stereocenters. The number of nitro groups is 1. The molecule has 6 nitrogen and oxygen atoms in total. The molecule has 18 heavy (non-hydrogen) atoms. The maximum Gasteiger partial charge on any atom is 0.286 e. The number of aliphatic hydroxyl groups is 1. The van der Waals surface area contributed by atoms with Gasteiger partial charge in [-0.15, -0.1) is 0 Å². The molecule has 0 aromatic carbocycles. The third kappa shape index (κ3) is 2.30. The van der Waals surface area contributed by atoms with Crippen LogP contribution in [-0.4, -0.2) is 27.3 Å². The fourth-order valence-electron chi connectivity index (χ4n) is 2.29. The first-order valence-corrected chi connectivity index (χ1v) is 5.76. The van der Waals surface area contributed by atoms with Gasteiger partial charge in [-0.3, -0.25) is 10.1 Å². The first-order valence-electron chi connectivity index (χ1n) is 5.76.